The van der Waals surface area contributed by atoms with Gasteiger partial charge in [-0.2, -0.15) is 0 Å². The van der Waals surface area contributed by atoms with Gasteiger partial charge in [-0.05, 0) is 28.4 Å². The molecule has 4 rings (SSSR count). The van der Waals surface area contributed by atoms with Gasteiger partial charge in [0.1, 0.15) is 5.69 Å². The van der Waals surface area contributed by atoms with Crippen LogP contribution in [0.25, 0.3) is 5.65 Å². The third-order valence-electron chi connectivity index (χ3n) is 4.75. The summed E-state index contributed by atoms with van der Waals surface area (Å²) in [6.07, 6.45) is 4.17. The highest BCUT2D eigenvalue weighted by Gasteiger charge is 2.42. The number of likely N-dealkylation sites (tertiary alicyclic amines) is 1. The zero-order valence-corrected chi connectivity index (χ0v) is 15.4. The van der Waals surface area contributed by atoms with Crippen LogP contribution in [0.5, 0.6) is 0 Å². The molecule has 25 heavy (non-hydrogen) atoms. The van der Waals surface area contributed by atoms with Crippen LogP contribution in [0, 0.1) is 0 Å². The van der Waals surface area contributed by atoms with Gasteiger partial charge in [0, 0.05) is 19.8 Å². The summed E-state index contributed by atoms with van der Waals surface area (Å²) < 4.78 is 7.84. The van der Waals surface area contributed by atoms with Crippen LogP contribution in [0.1, 0.15) is 27.3 Å². The smallest absolute Gasteiger partial charge is 0.278 e. The highest BCUT2D eigenvalue weighted by atomic mass is 79.9. The number of nitrogens with zero attached hydrogens (tertiary/aromatic N) is 4. The van der Waals surface area contributed by atoms with E-state index in [1.165, 1.54) is 14.2 Å². The lowest BCUT2D eigenvalue weighted by atomic mass is 10.2. The first-order valence-electron chi connectivity index (χ1n) is 7.91. The van der Waals surface area contributed by atoms with Gasteiger partial charge in [0.2, 0.25) is 0 Å². The summed E-state index contributed by atoms with van der Waals surface area (Å²) in [5, 5.41) is 1.13. The van der Waals surface area contributed by atoms with Gasteiger partial charge < -0.3 is 9.64 Å². The van der Waals surface area contributed by atoms with Crippen LogP contribution < -0.4 is 0 Å². The molecule has 0 spiro atoms. The minimum atomic E-state index is -0.314. The van der Waals surface area contributed by atoms with Crippen molar-refractivity contribution in [2.24, 2.45) is 0 Å². The number of amides is 2. The molecule has 0 aliphatic carbocycles. The molecule has 2 aromatic rings. The number of pyridine rings is 1. The second-order valence-electron chi connectivity index (χ2n) is 6.20. The Balaban J connectivity index is 1.73. The number of hydrogen-bond acceptors (Lipinski definition) is 5. The zero-order chi connectivity index (χ0) is 17.7. The molecule has 0 aromatic carbocycles. The predicted octanol–water partition coefficient (Wildman–Crippen LogP) is 1.34. The molecule has 0 N–H and O–H groups in total. The Hall–Kier alpha value is -1.97. The van der Waals surface area contributed by atoms with Crippen molar-refractivity contribution in [2.75, 3.05) is 27.3 Å². The van der Waals surface area contributed by atoms with Crippen LogP contribution in [-0.4, -0.2) is 70.6 Å². The number of carbonyl (C=O) groups excluding carboxylic acids is 2. The first kappa shape index (κ1) is 16.5. The van der Waals surface area contributed by atoms with E-state index in [2.05, 4.69) is 20.9 Å². The number of carbonyl (C=O) groups is 2. The fourth-order valence-corrected chi connectivity index (χ4v) is 3.92. The molecule has 0 unspecified atom stereocenters. The largest absolute Gasteiger partial charge is 0.374 e. The molecule has 2 atom stereocenters. The summed E-state index contributed by atoms with van der Waals surface area (Å²) in [6.45, 7) is 1.18. The van der Waals surface area contributed by atoms with Gasteiger partial charge in [0.25, 0.3) is 11.8 Å². The average molecular weight is 409 g/mol. The zero-order valence-electron chi connectivity index (χ0n) is 13.8. The summed E-state index contributed by atoms with van der Waals surface area (Å²) in [5.74, 6) is -0.411. The number of halogens is 1. The minimum Gasteiger partial charge on any atom is -0.374 e. The standard InChI is InChI=1S/C16H17BrN4O4/c1-19(24-2)15(22)9-3-12(17)14-18-5-13(21(14)6-9)16(23)20-7-11-4-10(20)8-25-11/h3,5-6,10-11H,4,7-8H2,1-2H3/t10-,11-/m0/s1. The quantitative estimate of drug-likeness (QED) is 0.716. The highest BCUT2D eigenvalue weighted by Crippen LogP contribution is 2.30. The van der Waals surface area contributed by atoms with Crippen LogP contribution in [-0.2, 0) is 9.57 Å². The number of fused-ring (bicyclic) bond motifs is 3. The van der Waals surface area contributed by atoms with E-state index in [1.807, 2.05) is 4.90 Å². The maximum atomic E-state index is 13.0. The van der Waals surface area contributed by atoms with E-state index in [4.69, 9.17) is 9.57 Å². The Kier molecular flexibility index (Phi) is 4.01. The lowest BCUT2D eigenvalue weighted by Crippen LogP contribution is -2.41. The van der Waals surface area contributed by atoms with Crippen LogP contribution in [0.15, 0.2) is 22.9 Å². The van der Waals surface area contributed by atoms with Gasteiger partial charge in [-0.1, -0.05) is 0 Å². The number of rotatable bonds is 3. The van der Waals surface area contributed by atoms with Crippen molar-refractivity contribution in [2.45, 2.75) is 18.6 Å². The molecule has 2 bridgehead atoms. The number of hydroxylamine groups is 2. The Labute approximate surface area is 152 Å². The molecule has 2 fully saturated rings. The summed E-state index contributed by atoms with van der Waals surface area (Å²) in [5.41, 5.74) is 1.40. The molecule has 2 amide bonds. The molecular formula is C16H17BrN4O4. The number of hydrogen-bond donors (Lipinski definition) is 0. The third kappa shape index (κ3) is 2.62. The van der Waals surface area contributed by atoms with Crippen molar-refractivity contribution in [3.05, 3.63) is 34.2 Å². The SMILES string of the molecule is CON(C)C(=O)c1cc(Br)c2ncc(C(=O)N3C[C@@H]4C[C@H]3CO4)n2c1. The van der Waals surface area contributed by atoms with E-state index in [1.54, 1.807) is 22.9 Å². The van der Waals surface area contributed by atoms with Crippen LogP contribution in [0.2, 0.25) is 0 Å². The molecule has 2 aromatic heterocycles. The summed E-state index contributed by atoms with van der Waals surface area (Å²) in [4.78, 5) is 36.4. The van der Waals surface area contributed by atoms with Crippen LogP contribution in [0.3, 0.4) is 0 Å². The van der Waals surface area contributed by atoms with Gasteiger partial charge in [-0.25, -0.2) is 10.0 Å². The van der Waals surface area contributed by atoms with Gasteiger partial charge >= 0.3 is 0 Å². The van der Waals surface area contributed by atoms with E-state index >= 15 is 0 Å². The van der Waals surface area contributed by atoms with Gasteiger partial charge in [0.15, 0.2) is 5.65 Å². The second-order valence-corrected chi connectivity index (χ2v) is 7.06. The molecule has 2 saturated heterocycles. The predicted molar refractivity (Wildman–Crippen MR) is 91.2 cm³/mol. The minimum absolute atomic E-state index is 0.0973. The normalized spacial score (nSPS) is 22.0. The first-order chi connectivity index (χ1) is 12.0. The van der Waals surface area contributed by atoms with Crippen molar-refractivity contribution in [1.82, 2.24) is 19.3 Å². The number of imidazole rings is 1. The topological polar surface area (TPSA) is 76.4 Å². The Bertz CT molecular complexity index is 867. The fraction of sp³-hybridized carbons (Fsp3) is 0.438. The lowest BCUT2D eigenvalue weighted by Gasteiger charge is -2.26. The van der Waals surface area contributed by atoms with Crippen molar-refractivity contribution in [1.29, 1.82) is 0 Å². The Morgan fingerprint density at radius 3 is 2.92 bits per heavy atom. The number of aromatic nitrogens is 2. The third-order valence-corrected chi connectivity index (χ3v) is 5.33. The molecule has 4 heterocycles. The summed E-state index contributed by atoms with van der Waals surface area (Å²) >= 11 is 3.43. The fourth-order valence-electron chi connectivity index (χ4n) is 3.38. The lowest BCUT2D eigenvalue weighted by molar-refractivity contribution is -0.0757. The summed E-state index contributed by atoms with van der Waals surface area (Å²) in [6, 6.07) is 1.79. The van der Waals surface area contributed by atoms with Crippen molar-refractivity contribution in [3.63, 3.8) is 0 Å². The van der Waals surface area contributed by atoms with E-state index < -0.39 is 0 Å². The van der Waals surface area contributed by atoms with Crippen LogP contribution in [0.4, 0.5) is 0 Å². The molecule has 0 radical (unpaired) electrons. The number of ether oxygens (including phenoxy) is 1. The van der Waals surface area contributed by atoms with Crippen LogP contribution >= 0.6 is 15.9 Å². The molecule has 9 heteroatoms. The molecular weight excluding hydrogens is 392 g/mol. The molecule has 8 nitrogen and oxygen atoms in total. The maximum Gasteiger partial charge on any atom is 0.278 e. The Morgan fingerprint density at radius 1 is 1.48 bits per heavy atom. The number of morpholine rings is 1. The van der Waals surface area contributed by atoms with Crippen molar-refractivity contribution >= 4 is 33.4 Å². The second kappa shape index (κ2) is 6.08. The summed E-state index contributed by atoms with van der Waals surface area (Å²) in [7, 11) is 2.95. The molecule has 132 valence electrons. The van der Waals surface area contributed by atoms with E-state index in [0.29, 0.717) is 34.5 Å². The van der Waals surface area contributed by atoms with Gasteiger partial charge in [-0.15, -0.1) is 0 Å². The van der Waals surface area contributed by atoms with E-state index in [-0.39, 0.29) is 24.0 Å². The van der Waals surface area contributed by atoms with Crippen molar-refractivity contribution in [3.8, 4) is 0 Å². The Morgan fingerprint density at radius 2 is 2.28 bits per heavy atom. The van der Waals surface area contributed by atoms with E-state index in [0.717, 1.165) is 11.5 Å². The molecule has 2 aliphatic heterocycles. The average Bonchev–Trinajstić information content (AvgIpc) is 3.34. The highest BCUT2D eigenvalue weighted by molar-refractivity contribution is 9.10. The monoisotopic (exact) mass is 408 g/mol. The van der Waals surface area contributed by atoms with Gasteiger partial charge in [0.05, 0.1) is 42.1 Å². The first-order valence-corrected chi connectivity index (χ1v) is 8.70. The molecule has 2 aliphatic rings. The maximum absolute atomic E-state index is 13.0. The van der Waals surface area contributed by atoms with Crippen molar-refractivity contribution < 1.29 is 19.2 Å². The van der Waals surface area contributed by atoms with Gasteiger partial charge in [-0.3, -0.25) is 18.8 Å². The van der Waals surface area contributed by atoms with E-state index in [9.17, 15) is 9.59 Å². The molecule has 0 saturated carbocycles.